The summed E-state index contributed by atoms with van der Waals surface area (Å²) < 4.78 is 43.6. The Balaban J connectivity index is 0.00000225. The van der Waals surface area contributed by atoms with Crippen LogP contribution >= 0.6 is 0 Å². The molecule has 2 aliphatic carbocycles. The van der Waals surface area contributed by atoms with Gasteiger partial charge in [0.25, 0.3) is 10.1 Å². The van der Waals surface area contributed by atoms with Gasteiger partial charge in [0.1, 0.15) is 12.2 Å². The molecule has 156 valence electrons. The molecule has 0 aliphatic heterocycles. The van der Waals surface area contributed by atoms with Crippen molar-refractivity contribution < 1.29 is 52.3 Å². The third kappa shape index (κ3) is 6.85. The number of ether oxygens (including phenoxy) is 2. The van der Waals surface area contributed by atoms with Crippen molar-refractivity contribution in [1.82, 2.24) is 0 Å². The topological polar surface area (TPSA) is 107 Å². The molecule has 0 aromatic heterocycles. The summed E-state index contributed by atoms with van der Waals surface area (Å²) in [6, 6.07) is 3.32. The van der Waals surface area contributed by atoms with E-state index in [0.717, 1.165) is 76.3 Å². The van der Waals surface area contributed by atoms with Crippen LogP contribution in [0.2, 0.25) is 0 Å². The summed E-state index contributed by atoms with van der Waals surface area (Å²) >= 11 is 0. The number of carbonyl (C=O) groups excluding carboxylic acids is 2. The van der Waals surface area contributed by atoms with Gasteiger partial charge in [0.2, 0.25) is 0 Å². The predicted molar refractivity (Wildman–Crippen MR) is 102 cm³/mol. The molecule has 2 saturated carbocycles. The van der Waals surface area contributed by atoms with E-state index in [1.54, 1.807) is 0 Å². The van der Waals surface area contributed by atoms with Crippen LogP contribution < -0.4 is 18.9 Å². The quantitative estimate of drug-likeness (QED) is 0.432. The van der Waals surface area contributed by atoms with Gasteiger partial charge in [-0.1, -0.05) is 12.8 Å². The van der Waals surface area contributed by atoms with Crippen molar-refractivity contribution in [3.63, 3.8) is 0 Å². The van der Waals surface area contributed by atoms with Gasteiger partial charge in [-0.25, -0.2) is 9.59 Å². The first-order valence-corrected chi connectivity index (χ1v) is 11.3. The van der Waals surface area contributed by atoms with E-state index in [-0.39, 0.29) is 43.6 Å². The Hall–Kier alpha value is -1.33. The zero-order valence-electron chi connectivity index (χ0n) is 17.8. The average Bonchev–Trinajstić information content (AvgIpc) is 2.68. The van der Waals surface area contributed by atoms with Crippen LogP contribution in [0.3, 0.4) is 0 Å². The minimum absolute atomic E-state index is 0. The molecule has 0 amide bonds. The van der Waals surface area contributed by atoms with Crippen LogP contribution in [0.1, 0.15) is 86.4 Å². The van der Waals surface area contributed by atoms with Gasteiger partial charge in [0, 0.05) is 0 Å². The number of esters is 2. The van der Waals surface area contributed by atoms with Crippen molar-refractivity contribution in [3.05, 3.63) is 29.3 Å². The zero-order chi connectivity index (χ0) is 20.1. The van der Waals surface area contributed by atoms with Crippen LogP contribution in [0.4, 0.5) is 0 Å². The zero-order valence-corrected chi connectivity index (χ0v) is 17.6. The maximum Gasteiger partial charge on any atom is 1.00 e. The molecule has 1 aromatic rings. The maximum atomic E-state index is 12.5. The molecule has 29 heavy (non-hydrogen) atoms. The molecule has 1 N–H and O–H groups in total. The van der Waals surface area contributed by atoms with Gasteiger partial charge < -0.3 is 10.9 Å². The summed E-state index contributed by atoms with van der Waals surface area (Å²) in [4.78, 5) is 24.5. The predicted octanol–water partition coefficient (Wildman–Crippen LogP) is 1.03. The first kappa shape index (κ1) is 23.9. The summed E-state index contributed by atoms with van der Waals surface area (Å²) in [7, 11) is -4.60. The minimum atomic E-state index is -4.60. The van der Waals surface area contributed by atoms with E-state index in [1.807, 2.05) is 0 Å². The van der Waals surface area contributed by atoms with Crippen LogP contribution in [0.15, 0.2) is 23.1 Å². The van der Waals surface area contributed by atoms with E-state index in [4.69, 9.17) is 9.47 Å². The molecular weight excluding hydrogens is 391 g/mol. The second-order valence-electron chi connectivity index (χ2n) is 7.55. The van der Waals surface area contributed by atoms with Gasteiger partial charge in [-0.3, -0.25) is 4.55 Å². The van der Waals surface area contributed by atoms with Crippen molar-refractivity contribution in [1.29, 1.82) is 0 Å². The summed E-state index contributed by atoms with van der Waals surface area (Å²) in [5.41, 5.74) is -0.174. The first-order valence-electron chi connectivity index (χ1n) is 9.87. The molecule has 0 atom stereocenters. The fourth-order valence-corrected chi connectivity index (χ4v) is 4.34. The second kappa shape index (κ2) is 10.6. The van der Waals surface area contributed by atoms with E-state index in [9.17, 15) is 22.6 Å². The van der Waals surface area contributed by atoms with Crippen molar-refractivity contribution >= 4 is 22.1 Å². The number of hydrogen-bond donors (Lipinski definition) is 1. The molecule has 0 unspecified atom stereocenters. The van der Waals surface area contributed by atoms with Crippen LogP contribution in [0, 0.1) is 0 Å². The molecule has 9 heteroatoms. The second-order valence-corrected chi connectivity index (χ2v) is 8.97. The van der Waals surface area contributed by atoms with Gasteiger partial charge >= 0.3 is 30.8 Å². The van der Waals surface area contributed by atoms with Crippen molar-refractivity contribution in [2.75, 3.05) is 0 Å². The molecule has 1 aromatic carbocycles. The monoisotopic (exact) mass is 418 g/mol. The maximum absolute atomic E-state index is 12.5. The Morgan fingerprint density at radius 2 is 1.17 bits per heavy atom. The Morgan fingerprint density at radius 3 is 1.52 bits per heavy atom. The van der Waals surface area contributed by atoms with Crippen LogP contribution in [0.25, 0.3) is 0 Å². The average molecular weight is 418 g/mol. The van der Waals surface area contributed by atoms with E-state index in [2.05, 4.69) is 0 Å². The third-order valence-corrected chi connectivity index (χ3v) is 6.16. The smallest absolute Gasteiger partial charge is 1.00 e. The van der Waals surface area contributed by atoms with E-state index in [1.165, 1.54) is 6.07 Å². The van der Waals surface area contributed by atoms with Gasteiger partial charge in [-0.2, -0.15) is 8.42 Å². The van der Waals surface area contributed by atoms with Gasteiger partial charge in [-0.05, 0) is 69.6 Å². The van der Waals surface area contributed by atoms with E-state index in [0.29, 0.717) is 0 Å². The molecule has 0 radical (unpaired) electrons. The molecule has 7 nitrogen and oxygen atoms in total. The largest absolute Gasteiger partial charge is 1.00 e. The fraction of sp³-hybridized carbons (Fsp3) is 0.600. The SMILES string of the molecule is O=C(OC1CCCCC1)c1cc(C(=O)OC2CCCCC2)cc(S(=O)(=O)O)c1.[H-].[Li+]. The fourth-order valence-electron chi connectivity index (χ4n) is 3.79. The number of hydrogen-bond acceptors (Lipinski definition) is 6. The van der Waals surface area contributed by atoms with Gasteiger partial charge in [-0.15, -0.1) is 0 Å². The van der Waals surface area contributed by atoms with E-state index >= 15 is 0 Å². The first-order chi connectivity index (χ1) is 13.3. The van der Waals surface area contributed by atoms with Crippen LogP contribution in [-0.2, 0) is 19.6 Å². The summed E-state index contributed by atoms with van der Waals surface area (Å²) in [6.45, 7) is 0. The molecule has 0 heterocycles. The normalized spacial score (nSPS) is 18.5. The van der Waals surface area contributed by atoms with Crippen molar-refractivity contribution in [3.8, 4) is 0 Å². The number of carbonyl (C=O) groups is 2. The Morgan fingerprint density at radius 1 is 0.793 bits per heavy atom. The van der Waals surface area contributed by atoms with Gasteiger partial charge in [0.15, 0.2) is 0 Å². The minimum Gasteiger partial charge on any atom is -1.00 e. The number of rotatable bonds is 5. The molecule has 3 rings (SSSR count). The molecule has 0 saturated heterocycles. The Labute approximate surface area is 184 Å². The molecule has 2 fully saturated rings. The molecule has 2 aliphatic rings. The van der Waals surface area contributed by atoms with Crippen LogP contribution in [0.5, 0.6) is 0 Å². The Bertz CT molecular complexity index is 781. The van der Waals surface area contributed by atoms with Crippen LogP contribution in [-0.4, -0.2) is 37.1 Å². The molecule has 0 bridgehead atoms. The number of benzene rings is 1. The summed E-state index contributed by atoms with van der Waals surface area (Å²) in [6.07, 6.45) is 8.73. The molecular formula is C20H27LiO7S. The van der Waals surface area contributed by atoms with Crippen molar-refractivity contribution in [2.24, 2.45) is 0 Å². The Kier molecular flexibility index (Phi) is 8.77. The summed E-state index contributed by atoms with van der Waals surface area (Å²) in [5, 5.41) is 0. The van der Waals surface area contributed by atoms with E-state index < -0.39 is 27.0 Å². The third-order valence-electron chi connectivity index (χ3n) is 5.33. The molecule has 0 spiro atoms. The summed E-state index contributed by atoms with van der Waals surface area (Å²) in [5.74, 6) is -1.41. The van der Waals surface area contributed by atoms with Crippen molar-refractivity contribution in [2.45, 2.75) is 81.3 Å². The van der Waals surface area contributed by atoms with Gasteiger partial charge in [0.05, 0.1) is 16.0 Å². The standard InChI is InChI=1S/C20H26O7S.Li.H/c21-19(26-16-7-3-1-4-8-16)14-11-15(13-18(12-14)28(23,24)25)20(22)27-17-9-5-2-6-10-17;;/h11-13,16-17H,1-10H2,(H,23,24,25);;/q;+1;-1.